The third-order valence-corrected chi connectivity index (χ3v) is 8.46. The van der Waals surface area contributed by atoms with E-state index in [2.05, 4.69) is 18.0 Å². The minimum Gasteiger partial charge on any atom is -0.506 e. The van der Waals surface area contributed by atoms with E-state index in [1.54, 1.807) is 24.3 Å². The Hall–Kier alpha value is -3.35. The number of carbonyl (C=O) groups is 1. The fraction of sp³-hybridized carbons (Fsp3) is 0.321. The molecule has 2 heterocycles. The lowest BCUT2D eigenvalue weighted by Gasteiger charge is -2.56. The van der Waals surface area contributed by atoms with E-state index in [-0.39, 0.29) is 22.6 Å². The largest absolute Gasteiger partial charge is 0.506 e. The third-order valence-electron chi connectivity index (χ3n) is 8.46. The number of phenols is 1. The number of hydrogen-bond donors (Lipinski definition) is 2. The van der Waals surface area contributed by atoms with Crippen LogP contribution in [-0.2, 0) is 11.8 Å². The highest BCUT2D eigenvalue weighted by Crippen LogP contribution is 2.62. The number of aliphatic hydroxyl groups is 1. The average Bonchev–Trinajstić information content (AvgIpc) is 3.20. The topological polar surface area (TPSA) is 79.2 Å². The van der Waals surface area contributed by atoms with Gasteiger partial charge in [-0.05, 0) is 49.5 Å². The highest BCUT2D eigenvalue weighted by atomic mass is 16.6. The second-order valence-electron chi connectivity index (χ2n) is 9.98. The van der Waals surface area contributed by atoms with Crippen LogP contribution in [0.15, 0.2) is 60.7 Å². The van der Waals surface area contributed by atoms with Gasteiger partial charge in [0.25, 0.3) is 0 Å². The Morgan fingerprint density at radius 1 is 1.15 bits per heavy atom. The van der Waals surface area contributed by atoms with Crippen molar-refractivity contribution in [3.05, 3.63) is 77.4 Å². The van der Waals surface area contributed by atoms with Gasteiger partial charge in [-0.3, -0.25) is 0 Å². The molecule has 7 rings (SSSR count). The number of hydrogen-bond acceptors (Lipinski definition) is 6. The Balaban J connectivity index is 1.32. The average molecular weight is 456 g/mol. The molecule has 2 N–H and O–H groups in total. The quantitative estimate of drug-likeness (QED) is 0.350. The van der Waals surface area contributed by atoms with E-state index in [4.69, 9.17) is 9.47 Å². The van der Waals surface area contributed by atoms with Crippen molar-refractivity contribution < 1.29 is 24.5 Å². The Morgan fingerprint density at radius 2 is 2.00 bits per heavy atom. The van der Waals surface area contributed by atoms with Gasteiger partial charge in [-0.1, -0.05) is 48.6 Å². The van der Waals surface area contributed by atoms with Crippen LogP contribution >= 0.6 is 0 Å². The van der Waals surface area contributed by atoms with Crippen molar-refractivity contribution in [1.82, 2.24) is 4.90 Å². The first-order valence-electron chi connectivity index (χ1n) is 11.8. The van der Waals surface area contributed by atoms with E-state index in [0.29, 0.717) is 22.9 Å². The SMILES string of the molecule is CN1CC[C@]23c4c5ccc(OC(=O)c6ccc7ccccc7c6O)c4O[C@H]2[C@@H](O)C=C[C@H]3[C@H]1C5. The highest BCUT2D eigenvalue weighted by Gasteiger charge is 2.64. The minimum atomic E-state index is -0.716. The van der Waals surface area contributed by atoms with Crippen molar-refractivity contribution in [3.8, 4) is 17.2 Å². The second-order valence-corrected chi connectivity index (χ2v) is 9.98. The third kappa shape index (κ3) is 2.44. The summed E-state index contributed by atoms with van der Waals surface area (Å²) in [5.41, 5.74) is 2.07. The molecule has 0 aromatic heterocycles. The molecule has 0 unspecified atom stereocenters. The number of aliphatic hydroxyl groups excluding tert-OH is 1. The van der Waals surface area contributed by atoms with E-state index >= 15 is 0 Å². The molecule has 0 radical (unpaired) electrons. The molecule has 3 aromatic rings. The fourth-order valence-corrected chi connectivity index (χ4v) is 6.88. The second kappa shape index (κ2) is 6.84. The van der Waals surface area contributed by atoms with Gasteiger partial charge >= 0.3 is 5.97 Å². The van der Waals surface area contributed by atoms with Crippen molar-refractivity contribution in [2.24, 2.45) is 5.92 Å². The summed E-state index contributed by atoms with van der Waals surface area (Å²) in [7, 11) is 2.17. The number of ether oxygens (including phenoxy) is 2. The van der Waals surface area contributed by atoms with Crippen molar-refractivity contribution in [2.45, 2.75) is 36.5 Å². The van der Waals surface area contributed by atoms with Crippen LogP contribution in [0.1, 0.15) is 27.9 Å². The molecule has 3 aromatic carbocycles. The van der Waals surface area contributed by atoms with Crippen molar-refractivity contribution in [1.29, 1.82) is 0 Å². The van der Waals surface area contributed by atoms with Crippen LogP contribution in [0.5, 0.6) is 17.2 Å². The number of carbonyl (C=O) groups excluding carboxylic acids is 1. The van der Waals surface area contributed by atoms with E-state index in [1.165, 1.54) is 5.56 Å². The number of rotatable bonds is 2. The van der Waals surface area contributed by atoms with E-state index in [9.17, 15) is 15.0 Å². The number of aromatic hydroxyl groups is 1. The lowest BCUT2D eigenvalue weighted by atomic mass is 9.53. The van der Waals surface area contributed by atoms with Gasteiger partial charge in [-0.2, -0.15) is 0 Å². The number of likely N-dealkylation sites (N-methyl/N-ethyl adjacent to an activating group) is 1. The first kappa shape index (κ1) is 20.1. The van der Waals surface area contributed by atoms with Crippen LogP contribution in [0, 0.1) is 5.92 Å². The van der Waals surface area contributed by atoms with Gasteiger partial charge in [-0.15, -0.1) is 0 Å². The molecule has 6 nitrogen and oxygen atoms in total. The molecule has 2 aliphatic carbocycles. The van der Waals surface area contributed by atoms with Crippen LogP contribution in [0.4, 0.5) is 0 Å². The number of esters is 1. The summed E-state index contributed by atoms with van der Waals surface area (Å²) in [5, 5.41) is 23.1. The fourth-order valence-electron chi connectivity index (χ4n) is 6.88. The molecule has 5 atom stereocenters. The molecule has 172 valence electrons. The summed E-state index contributed by atoms with van der Waals surface area (Å²) in [6.07, 6.45) is 4.67. The van der Waals surface area contributed by atoms with E-state index in [0.717, 1.165) is 30.3 Å². The van der Waals surface area contributed by atoms with Crippen molar-refractivity contribution >= 4 is 16.7 Å². The maximum atomic E-state index is 13.2. The first-order chi connectivity index (χ1) is 16.5. The zero-order valence-corrected chi connectivity index (χ0v) is 18.8. The summed E-state index contributed by atoms with van der Waals surface area (Å²) < 4.78 is 12.3. The maximum absolute atomic E-state index is 13.2. The number of phenolic OH excluding ortho intramolecular Hbond substituents is 1. The summed E-state index contributed by atoms with van der Waals surface area (Å²) in [5.74, 6) is 0.408. The zero-order chi connectivity index (χ0) is 23.2. The van der Waals surface area contributed by atoms with Crippen molar-refractivity contribution in [2.75, 3.05) is 13.6 Å². The Bertz CT molecular complexity index is 1400. The summed E-state index contributed by atoms with van der Waals surface area (Å²) in [4.78, 5) is 15.6. The molecule has 34 heavy (non-hydrogen) atoms. The Morgan fingerprint density at radius 3 is 2.88 bits per heavy atom. The summed E-state index contributed by atoms with van der Waals surface area (Å²) in [6, 6.07) is 14.9. The van der Waals surface area contributed by atoms with Crippen LogP contribution in [0.25, 0.3) is 10.8 Å². The van der Waals surface area contributed by atoms with Crippen LogP contribution in [0.3, 0.4) is 0 Å². The molecule has 4 aliphatic rings. The number of likely N-dealkylation sites (tertiary alicyclic amines) is 1. The van der Waals surface area contributed by atoms with Gasteiger partial charge in [-0.25, -0.2) is 4.79 Å². The monoisotopic (exact) mass is 455 g/mol. The standard InChI is InChI=1S/C28H25NO5/c1-29-13-12-28-19-9-10-21(30)26(28)34-25-22(11-7-16(23(25)28)14-20(19)29)33-27(32)18-8-6-15-4-2-3-5-17(15)24(18)31/h2-11,19-21,26,30-31H,12-14H2,1H3/t19-,20+,21-,26-,28-/m0/s1. The normalized spacial score (nSPS) is 30.6. The smallest absolute Gasteiger partial charge is 0.347 e. The van der Waals surface area contributed by atoms with Gasteiger partial charge in [0.15, 0.2) is 11.5 Å². The lowest BCUT2D eigenvalue weighted by Crippen LogP contribution is -2.64. The summed E-state index contributed by atoms with van der Waals surface area (Å²) in [6.45, 7) is 0.926. The minimum absolute atomic E-state index is 0.0940. The van der Waals surface area contributed by atoms with Crippen LogP contribution in [-0.4, -0.2) is 52.9 Å². The predicted octanol–water partition coefficient (Wildman–Crippen LogP) is 3.57. The number of fused-ring (bicyclic) bond motifs is 1. The Labute approximate surface area is 197 Å². The van der Waals surface area contributed by atoms with Crippen molar-refractivity contribution in [3.63, 3.8) is 0 Å². The van der Waals surface area contributed by atoms with Gasteiger partial charge < -0.3 is 24.6 Å². The van der Waals surface area contributed by atoms with Crippen LogP contribution < -0.4 is 9.47 Å². The van der Waals surface area contributed by atoms with Gasteiger partial charge in [0.2, 0.25) is 0 Å². The molecule has 0 saturated carbocycles. The van der Waals surface area contributed by atoms with Gasteiger partial charge in [0, 0.05) is 28.3 Å². The highest BCUT2D eigenvalue weighted by molar-refractivity contribution is 6.02. The van der Waals surface area contributed by atoms with Gasteiger partial charge in [0.1, 0.15) is 23.5 Å². The predicted molar refractivity (Wildman–Crippen MR) is 126 cm³/mol. The molecule has 1 spiro atoms. The molecular weight excluding hydrogens is 430 g/mol. The Kier molecular flexibility index (Phi) is 4.04. The van der Waals surface area contributed by atoms with Gasteiger partial charge in [0.05, 0.1) is 0 Å². The number of nitrogens with zero attached hydrogens (tertiary/aromatic N) is 1. The molecule has 1 fully saturated rings. The maximum Gasteiger partial charge on any atom is 0.347 e. The number of benzene rings is 3. The number of piperidine rings is 1. The lowest BCUT2D eigenvalue weighted by molar-refractivity contribution is -0.0453. The molecule has 0 amide bonds. The molecule has 2 bridgehead atoms. The molecule has 6 heteroatoms. The first-order valence-corrected chi connectivity index (χ1v) is 11.8. The van der Waals surface area contributed by atoms with E-state index < -0.39 is 18.2 Å². The van der Waals surface area contributed by atoms with Crippen LogP contribution in [0.2, 0.25) is 0 Å². The molecule has 1 saturated heterocycles. The molecular formula is C28H25NO5. The van der Waals surface area contributed by atoms with E-state index in [1.807, 2.05) is 30.3 Å². The molecule has 2 aliphatic heterocycles. The zero-order valence-electron chi connectivity index (χ0n) is 18.8. The summed E-state index contributed by atoms with van der Waals surface area (Å²) >= 11 is 0.